The van der Waals surface area contributed by atoms with Crippen molar-refractivity contribution in [2.24, 2.45) is 0 Å². The van der Waals surface area contributed by atoms with Gasteiger partial charge in [0.15, 0.2) is 0 Å². The lowest BCUT2D eigenvalue weighted by Crippen LogP contribution is -2.11. The monoisotopic (exact) mass is 396 g/mol. The number of nitriles is 1. The topological polar surface area (TPSA) is 79.4 Å². The molecule has 0 saturated heterocycles. The van der Waals surface area contributed by atoms with E-state index < -0.39 is 0 Å². The third-order valence-electron chi connectivity index (χ3n) is 4.65. The van der Waals surface area contributed by atoms with E-state index in [1.807, 2.05) is 48.0 Å². The van der Waals surface area contributed by atoms with Crippen LogP contribution in [0.15, 0.2) is 73.1 Å². The van der Waals surface area contributed by atoms with Gasteiger partial charge in [-0.1, -0.05) is 18.2 Å². The van der Waals surface area contributed by atoms with Gasteiger partial charge in [-0.05, 0) is 60.5 Å². The first kappa shape index (κ1) is 19.2. The fraction of sp³-hybridized carbons (Fsp3) is 0.125. The van der Waals surface area contributed by atoms with Gasteiger partial charge in [0.25, 0.3) is 5.91 Å². The first-order chi connectivity index (χ1) is 14.6. The highest BCUT2D eigenvalue weighted by Crippen LogP contribution is 2.17. The predicted octanol–water partition coefficient (Wildman–Crippen LogP) is 4.54. The van der Waals surface area contributed by atoms with Gasteiger partial charge in [0.1, 0.15) is 18.0 Å². The number of hydrogen-bond acceptors (Lipinski definition) is 4. The number of carbonyl (C=O) groups is 1. The normalized spacial score (nSPS) is 10.5. The third-order valence-corrected chi connectivity index (χ3v) is 4.65. The van der Waals surface area contributed by atoms with Gasteiger partial charge in [0.05, 0.1) is 18.2 Å². The first-order valence-corrected chi connectivity index (χ1v) is 9.55. The van der Waals surface area contributed by atoms with Gasteiger partial charge in [-0.15, -0.1) is 0 Å². The van der Waals surface area contributed by atoms with Crippen LogP contribution >= 0.6 is 0 Å². The molecule has 6 heteroatoms. The second kappa shape index (κ2) is 8.50. The number of fused-ring (bicyclic) bond motifs is 1. The van der Waals surface area contributed by atoms with Gasteiger partial charge in [-0.2, -0.15) is 5.26 Å². The minimum Gasteiger partial charge on any atom is -0.487 e. The van der Waals surface area contributed by atoms with Crippen molar-refractivity contribution in [3.8, 4) is 11.8 Å². The number of benzene rings is 2. The van der Waals surface area contributed by atoms with Crippen molar-refractivity contribution < 1.29 is 9.53 Å². The van der Waals surface area contributed by atoms with E-state index in [0.717, 1.165) is 16.9 Å². The first-order valence-electron chi connectivity index (χ1n) is 9.55. The van der Waals surface area contributed by atoms with Crippen LogP contribution in [0.5, 0.6) is 5.75 Å². The standard InChI is InChI=1S/C24H20N4O2/c1-17-2-11-23-26-21(15-28(23)14-17)16-30-22-9-5-19(6-10-22)24(29)27-20-7-3-18(4-8-20)12-13-25/h2-11,14-15H,12,16H2,1H3,(H,27,29). The second-order valence-corrected chi connectivity index (χ2v) is 7.00. The zero-order chi connectivity index (χ0) is 20.9. The Kier molecular flexibility index (Phi) is 5.44. The molecule has 2 heterocycles. The zero-order valence-corrected chi connectivity index (χ0v) is 16.5. The number of aromatic nitrogens is 2. The summed E-state index contributed by atoms with van der Waals surface area (Å²) in [6, 6.07) is 20.3. The molecule has 2 aromatic carbocycles. The van der Waals surface area contributed by atoms with Crippen LogP contribution in [0.25, 0.3) is 5.65 Å². The molecule has 0 aliphatic carbocycles. The molecule has 0 bridgehead atoms. The summed E-state index contributed by atoms with van der Waals surface area (Å²) in [5, 5.41) is 11.6. The Morgan fingerprint density at radius 2 is 1.83 bits per heavy atom. The Balaban J connectivity index is 1.35. The number of imidazole rings is 1. The largest absolute Gasteiger partial charge is 0.487 e. The number of pyridine rings is 1. The molecule has 0 fully saturated rings. The number of anilines is 1. The molecule has 4 rings (SSSR count). The summed E-state index contributed by atoms with van der Waals surface area (Å²) in [5.41, 5.74) is 5.02. The van der Waals surface area contributed by atoms with Crippen molar-refractivity contribution in [3.63, 3.8) is 0 Å². The van der Waals surface area contributed by atoms with Crippen LogP contribution in [0, 0.1) is 18.3 Å². The highest BCUT2D eigenvalue weighted by molar-refractivity contribution is 6.04. The van der Waals surface area contributed by atoms with E-state index >= 15 is 0 Å². The van der Waals surface area contributed by atoms with Crippen molar-refractivity contribution in [2.75, 3.05) is 5.32 Å². The van der Waals surface area contributed by atoms with Crippen LogP contribution < -0.4 is 10.1 Å². The summed E-state index contributed by atoms with van der Waals surface area (Å²) < 4.78 is 7.79. The van der Waals surface area contributed by atoms with Gasteiger partial charge in [-0.3, -0.25) is 4.79 Å². The fourth-order valence-electron chi connectivity index (χ4n) is 3.09. The van der Waals surface area contributed by atoms with Crippen molar-refractivity contribution in [3.05, 3.63) is 95.4 Å². The minimum absolute atomic E-state index is 0.203. The van der Waals surface area contributed by atoms with Crippen LogP contribution in [0.4, 0.5) is 5.69 Å². The number of carbonyl (C=O) groups excluding carboxylic acids is 1. The van der Waals surface area contributed by atoms with Crippen molar-refractivity contribution >= 4 is 17.2 Å². The highest BCUT2D eigenvalue weighted by atomic mass is 16.5. The Labute approximate surface area is 174 Å². The molecular weight excluding hydrogens is 376 g/mol. The number of amides is 1. The second-order valence-electron chi connectivity index (χ2n) is 7.00. The lowest BCUT2D eigenvalue weighted by atomic mass is 10.1. The van der Waals surface area contributed by atoms with Crippen molar-refractivity contribution in [1.29, 1.82) is 5.26 Å². The average molecular weight is 396 g/mol. The van der Waals surface area contributed by atoms with E-state index in [-0.39, 0.29) is 5.91 Å². The number of nitrogens with one attached hydrogen (secondary N) is 1. The van der Waals surface area contributed by atoms with Crippen molar-refractivity contribution in [2.45, 2.75) is 20.0 Å². The summed E-state index contributed by atoms with van der Waals surface area (Å²) in [6.45, 7) is 2.39. The van der Waals surface area contributed by atoms with Gasteiger partial charge in [0.2, 0.25) is 0 Å². The molecule has 0 unspecified atom stereocenters. The van der Waals surface area contributed by atoms with E-state index in [1.54, 1.807) is 36.4 Å². The molecular formula is C24H20N4O2. The van der Waals surface area contributed by atoms with E-state index in [2.05, 4.69) is 16.4 Å². The van der Waals surface area contributed by atoms with E-state index in [0.29, 0.717) is 30.0 Å². The Morgan fingerprint density at radius 1 is 1.07 bits per heavy atom. The molecule has 2 aromatic heterocycles. The van der Waals surface area contributed by atoms with Crippen LogP contribution in [0.1, 0.15) is 27.2 Å². The lowest BCUT2D eigenvalue weighted by Gasteiger charge is -2.08. The Bertz CT molecular complexity index is 1220. The zero-order valence-electron chi connectivity index (χ0n) is 16.5. The van der Waals surface area contributed by atoms with Crippen LogP contribution in [-0.4, -0.2) is 15.3 Å². The van der Waals surface area contributed by atoms with E-state index in [9.17, 15) is 4.79 Å². The van der Waals surface area contributed by atoms with Crippen LogP contribution in [0.3, 0.4) is 0 Å². The molecule has 0 spiro atoms. The summed E-state index contributed by atoms with van der Waals surface area (Å²) in [4.78, 5) is 17.0. The van der Waals surface area contributed by atoms with Gasteiger partial charge in [-0.25, -0.2) is 4.98 Å². The van der Waals surface area contributed by atoms with E-state index in [4.69, 9.17) is 10.00 Å². The van der Waals surface area contributed by atoms with Crippen molar-refractivity contribution in [1.82, 2.24) is 9.38 Å². The Morgan fingerprint density at radius 3 is 2.57 bits per heavy atom. The smallest absolute Gasteiger partial charge is 0.255 e. The summed E-state index contributed by atoms with van der Waals surface area (Å²) >= 11 is 0. The number of aryl methyl sites for hydroxylation is 1. The number of nitrogens with zero attached hydrogens (tertiary/aromatic N) is 3. The molecule has 0 aliphatic rings. The molecule has 1 N–H and O–H groups in total. The lowest BCUT2D eigenvalue weighted by molar-refractivity contribution is 0.102. The Hall–Kier alpha value is -4.11. The van der Waals surface area contributed by atoms with Gasteiger partial charge >= 0.3 is 0 Å². The van der Waals surface area contributed by atoms with E-state index in [1.165, 1.54) is 5.56 Å². The fourth-order valence-corrected chi connectivity index (χ4v) is 3.09. The molecule has 0 radical (unpaired) electrons. The molecule has 0 saturated carbocycles. The molecule has 30 heavy (non-hydrogen) atoms. The van der Waals surface area contributed by atoms with Gasteiger partial charge < -0.3 is 14.5 Å². The number of hydrogen-bond donors (Lipinski definition) is 1. The number of ether oxygens (including phenoxy) is 1. The summed E-state index contributed by atoms with van der Waals surface area (Å²) in [5.74, 6) is 0.464. The predicted molar refractivity (Wildman–Crippen MR) is 114 cm³/mol. The molecule has 4 aromatic rings. The minimum atomic E-state index is -0.203. The molecule has 0 aliphatic heterocycles. The molecule has 1 amide bonds. The highest BCUT2D eigenvalue weighted by Gasteiger charge is 2.08. The molecule has 0 atom stereocenters. The van der Waals surface area contributed by atoms with Crippen LogP contribution in [0.2, 0.25) is 0 Å². The maximum Gasteiger partial charge on any atom is 0.255 e. The number of rotatable bonds is 6. The van der Waals surface area contributed by atoms with Gasteiger partial charge in [0, 0.05) is 23.6 Å². The SMILES string of the molecule is Cc1ccc2nc(COc3ccc(C(=O)Nc4ccc(CC#N)cc4)cc3)cn2c1. The van der Waals surface area contributed by atoms with Crippen LogP contribution in [-0.2, 0) is 13.0 Å². The maximum absolute atomic E-state index is 12.4. The summed E-state index contributed by atoms with van der Waals surface area (Å²) in [7, 11) is 0. The summed E-state index contributed by atoms with van der Waals surface area (Å²) in [6.07, 6.45) is 4.33. The maximum atomic E-state index is 12.4. The molecule has 148 valence electrons. The quantitative estimate of drug-likeness (QED) is 0.519. The third kappa shape index (κ3) is 4.47. The molecule has 6 nitrogen and oxygen atoms in total. The average Bonchev–Trinajstić information content (AvgIpc) is 3.16.